The molecule has 0 bridgehead atoms. The van der Waals surface area contributed by atoms with Crippen molar-refractivity contribution in [2.75, 3.05) is 13.8 Å². The number of carbonyl (C=O) groups is 1. The van der Waals surface area contributed by atoms with Crippen LogP contribution in [0.15, 0.2) is 0 Å². The first-order valence-electron chi connectivity index (χ1n) is 1.85. The third kappa shape index (κ3) is 0.806. The highest BCUT2D eigenvalue weighted by molar-refractivity contribution is 5.60. The van der Waals surface area contributed by atoms with Gasteiger partial charge < -0.3 is 9.57 Å². The summed E-state index contributed by atoms with van der Waals surface area (Å²) in [6, 6.07) is 0. The topological polar surface area (TPSA) is 38.8 Å². The van der Waals surface area contributed by atoms with Crippen molar-refractivity contribution >= 4 is 6.16 Å². The second-order valence-corrected chi connectivity index (χ2v) is 1.24. The molecular formula is C3H5NO3. The molecular weight excluding hydrogens is 98.0 g/mol. The Labute approximate surface area is 40.6 Å². The lowest BCUT2D eigenvalue weighted by Crippen LogP contribution is -2.10. The van der Waals surface area contributed by atoms with Gasteiger partial charge in [-0.1, -0.05) is 0 Å². The van der Waals surface area contributed by atoms with E-state index in [4.69, 9.17) is 0 Å². The maximum Gasteiger partial charge on any atom is 0.529 e. The summed E-state index contributed by atoms with van der Waals surface area (Å²) in [6.45, 7) is 0.235. The first-order chi connectivity index (χ1) is 3.29. The third-order valence-electron chi connectivity index (χ3n) is 0.595. The van der Waals surface area contributed by atoms with E-state index >= 15 is 0 Å². The summed E-state index contributed by atoms with van der Waals surface area (Å²) in [5.74, 6) is 0. The van der Waals surface area contributed by atoms with Gasteiger partial charge in [0.2, 0.25) is 0 Å². The summed E-state index contributed by atoms with van der Waals surface area (Å²) in [5.41, 5.74) is 0. The van der Waals surface area contributed by atoms with Gasteiger partial charge in [-0.2, -0.15) is 0 Å². The molecule has 0 amide bonds. The van der Waals surface area contributed by atoms with Crippen LogP contribution in [0.4, 0.5) is 4.79 Å². The van der Waals surface area contributed by atoms with Crippen LogP contribution in [0.2, 0.25) is 0 Å². The van der Waals surface area contributed by atoms with Gasteiger partial charge in [-0.15, -0.1) is 5.06 Å². The normalized spacial score (nSPS) is 21.6. The summed E-state index contributed by atoms with van der Waals surface area (Å²) in [5, 5.41) is 1.31. The summed E-state index contributed by atoms with van der Waals surface area (Å²) >= 11 is 0. The van der Waals surface area contributed by atoms with E-state index in [0.717, 1.165) is 0 Å². The Bertz CT molecular complexity index is 92.2. The van der Waals surface area contributed by atoms with Gasteiger partial charge >= 0.3 is 6.16 Å². The lowest BCUT2D eigenvalue weighted by Gasteiger charge is -1.95. The Morgan fingerprint density at radius 3 is 2.71 bits per heavy atom. The van der Waals surface area contributed by atoms with Crippen LogP contribution in [0.3, 0.4) is 0 Å². The van der Waals surface area contributed by atoms with Gasteiger partial charge in [-0.25, -0.2) is 4.79 Å². The van der Waals surface area contributed by atoms with Crippen LogP contribution in [-0.4, -0.2) is 25.0 Å². The van der Waals surface area contributed by atoms with Crippen LogP contribution in [0.25, 0.3) is 0 Å². The van der Waals surface area contributed by atoms with Gasteiger partial charge in [0, 0.05) is 7.05 Å². The fourth-order valence-corrected chi connectivity index (χ4v) is 0.324. The van der Waals surface area contributed by atoms with E-state index in [1.54, 1.807) is 7.05 Å². The summed E-state index contributed by atoms with van der Waals surface area (Å²) in [4.78, 5) is 14.3. The molecule has 0 aromatic rings. The van der Waals surface area contributed by atoms with Crippen molar-refractivity contribution in [3.63, 3.8) is 0 Å². The molecule has 0 N–H and O–H groups in total. The smallest absolute Gasteiger partial charge is 0.414 e. The predicted molar refractivity (Wildman–Crippen MR) is 20.2 cm³/mol. The van der Waals surface area contributed by atoms with E-state index < -0.39 is 6.16 Å². The van der Waals surface area contributed by atoms with Crippen LogP contribution < -0.4 is 0 Å². The molecule has 0 aromatic heterocycles. The largest absolute Gasteiger partial charge is 0.529 e. The van der Waals surface area contributed by atoms with Crippen LogP contribution >= 0.6 is 0 Å². The third-order valence-corrected chi connectivity index (χ3v) is 0.595. The Kier molecular flexibility index (Phi) is 0.867. The van der Waals surface area contributed by atoms with Crippen LogP contribution in [0.1, 0.15) is 0 Å². The van der Waals surface area contributed by atoms with Crippen molar-refractivity contribution in [3.8, 4) is 0 Å². The molecule has 0 radical (unpaired) electrons. The highest BCUT2D eigenvalue weighted by atomic mass is 16.9. The number of hydroxylamine groups is 2. The van der Waals surface area contributed by atoms with Gasteiger partial charge in [-0.05, 0) is 0 Å². The standard InChI is InChI=1S/C3H5NO3/c1-4-2-6-3(5)7-4/h2H2,1H3. The van der Waals surface area contributed by atoms with Crippen LogP contribution in [0.5, 0.6) is 0 Å². The first-order valence-corrected chi connectivity index (χ1v) is 1.85. The number of cyclic esters (lactones) is 1. The maximum atomic E-state index is 9.97. The Morgan fingerprint density at radius 2 is 2.57 bits per heavy atom. The molecule has 0 spiro atoms. The second-order valence-electron chi connectivity index (χ2n) is 1.24. The molecule has 0 aliphatic carbocycles. The molecule has 0 unspecified atom stereocenters. The summed E-state index contributed by atoms with van der Waals surface area (Å²) in [6.07, 6.45) is -0.623. The Hall–Kier alpha value is -0.770. The minimum atomic E-state index is -0.623. The number of rotatable bonds is 0. The van der Waals surface area contributed by atoms with Crippen LogP contribution in [0, 0.1) is 0 Å². The van der Waals surface area contributed by atoms with Crippen LogP contribution in [-0.2, 0) is 9.57 Å². The fourth-order valence-electron chi connectivity index (χ4n) is 0.324. The van der Waals surface area contributed by atoms with E-state index in [1.807, 2.05) is 0 Å². The van der Waals surface area contributed by atoms with E-state index in [9.17, 15) is 4.79 Å². The van der Waals surface area contributed by atoms with E-state index in [-0.39, 0.29) is 6.73 Å². The average Bonchev–Trinajstić information content (AvgIpc) is 1.87. The van der Waals surface area contributed by atoms with Crippen molar-refractivity contribution in [2.24, 2.45) is 0 Å². The Balaban J connectivity index is 2.40. The zero-order chi connectivity index (χ0) is 5.28. The molecule has 1 heterocycles. The molecule has 1 fully saturated rings. The highest BCUT2D eigenvalue weighted by Gasteiger charge is 2.17. The summed E-state index contributed by atoms with van der Waals surface area (Å²) in [7, 11) is 1.62. The minimum absolute atomic E-state index is 0.235. The number of hydrogen-bond donors (Lipinski definition) is 0. The van der Waals surface area contributed by atoms with E-state index in [0.29, 0.717) is 0 Å². The molecule has 40 valence electrons. The molecule has 4 nitrogen and oxygen atoms in total. The lowest BCUT2D eigenvalue weighted by molar-refractivity contribution is -0.0386. The Morgan fingerprint density at radius 1 is 1.86 bits per heavy atom. The molecule has 1 aliphatic heterocycles. The summed E-state index contributed by atoms with van der Waals surface area (Å²) < 4.78 is 4.33. The molecule has 1 aliphatic rings. The predicted octanol–water partition coefficient (Wildman–Crippen LogP) is -0.0425. The number of ether oxygens (including phenoxy) is 1. The number of hydrogen-bond acceptors (Lipinski definition) is 4. The van der Waals surface area contributed by atoms with Gasteiger partial charge in [0.05, 0.1) is 0 Å². The van der Waals surface area contributed by atoms with E-state index in [2.05, 4.69) is 9.57 Å². The molecule has 4 heteroatoms. The maximum absolute atomic E-state index is 9.97. The monoisotopic (exact) mass is 103 g/mol. The van der Waals surface area contributed by atoms with Gasteiger partial charge in [0.1, 0.15) is 0 Å². The quantitative estimate of drug-likeness (QED) is 0.403. The van der Waals surface area contributed by atoms with Crippen molar-refractivity contribution in [1.82, 2.24) is 5.06 Å². The number of nitrogens with zero attached hydrogens (tertiary/aromatic N) is 1. The molecule has 1 rings (SSSR count). The van der Waals surface area contributed by atoms with E-state index in [1.165, 1.54) is 5.06 Å². The molecule has 7 heavy (non-hydrogen) atoms. The van der Waals surface area contributed by atoms with Gasteiger partial charge in [0.15, 0.2) is 6.73 Å². The molecule has 0 saturated carbocycles. The van der Waals surface area contributed by atoms with Gasteiger partial charge in [-0.3, -0.25) is 0 Å². The minimum Gasteiger partial charge on any atom is -0.414 e. The molecule has 0 atom stereocenters. The lowest BCUT2D eigenvalue weighted by atomic mass is 11.1. The van der Waals surface area contributed by atoms with Crippen molar-refractivity contribution in [3.05, 3.63) is 0 Å². The second kappa shape index (κ2) is 1.38. The molecule has 0 aromatic carbocycles. The van der Waals surface area contributed by atoms with Gasteiger partial charge in [0.25, 0.3) is 0 Å². The zero-order valence-electron chi connectivity index (χ0n) is 3.88. The molecule has 1 saturated heterocycles. The highest BCUT2D eigenvalue weighted by Crippen LogP contribution is 1.98. The van der Waals surface area contributed by atoms with Crippen molar-refractivity contribution in [1.29, 1.82) is 0 Å². The first kappa shape index (κ1) is 4.39. The van der Waals surface area contributed by atoms with Crippen molar-refractivity contribution < 1.29 is 14.4 Å². The number of carbonyl (C=O) groups excluding carboxylic acids is 1. The fraction of sp³-hybridized carbons (Fsp3) is 0.667. The average molecular weight is 103 g/mol. The zero-order valence-corrected chi connectivity index (χ0v) is 3.88. The van der Waals surface area contributed by atoms with Crippen molar-refractivity contribution in [2.45, 2.75) is 0 Å². The SMILES string of the molecule is CN1COC(=O)O1.